The van der Waals surface area contributed by atoms with Crippen LogP contribution >= 0.6 is 7.82 Å². The van der Waals surface area contributed by atoms with Gasteiger partial charge in [-0.2, -0.15) is 4.98 Å². The standard InChI is InChI=1S/C56H68FN8O14PS/c1-34(2)77-46-8-5-4-7-39(46)45-31-74-23-6-20-63(45)37-29-55(30-37)17-21-62(22-18-55)36-9-10-40(42(26-36)64-41-12-24-75-32-48(41)78-53-44(64)25-35-11-19-58-51(35)60-53)52(66)61-81(72,73)38-27-43(65(67)68)50-47(28-38)76-33-49(59-50)56(57)15-13-54(3,14-16-56)79-80(69,70)71/h4-5,7-11,19,25-28,34,37,41,45,48-49,59H,6,12-18,20-24,29-33H2,1-3H3,(H,58,60)(H,61,66)(H2,69,70,71)/t41-,45-,48-,49+,54?,56?/m0/s1. The summed E-state index contributed by atoms with van der Waals surface area (Å²) in [5.74, 6) is -0.0376. The second-order valence-corrected chi connectivity index (χ2v) is 26.3. The largest absolute Gasteiger partial charge is 0.491 e. The maximum Gasteiger partial charge on any atom is 0.470 e. The second kappa shape index (κ2) is 21.3. The zero-order chi connectivity index (χ0) is 56.6. The Morgan fingerprint density at radius 1 is 0.963 bits per heavy atom. The van der Waals surface area contributed by atoms with Gasteiger partial charge in [0.2, 0.25) is 5.88 Å². The van der Waals surface area contributed by atoms with Gasteiger partial charge in [0.25, 0.3) is 21.6 Å². The van der Waals surface area contributed by atoms with Crippen molar-refractivity contribution in [2.24, 2.45) is 5.41 Å². The number of para-hydroxylation sites is 1. The van der Waals surface area contributed by atoms with Crippen LogP contribution in [0.2, 0.25) is 0 Å². The molecule has 7 aliphatic rings. The molecule has 7 heterocycles. The topological polar surface area (TPSA) is 270 Å². The fourth-order valence-corrected chi connectivity index (χ4v) is 15.2. The molecule has 434 valence electrons. The molecule has 0 unspecified atom stereocenters. The number of sulfonamides is 1. The number of nitrogens with zero attached hydrogens (tertiary/aromatic N) is 5. The van der Waals surface area contributed by atoms with Gasteiger partial charge in [-0.05, 0) is 127 Å². The molecule has 12 rings (SSSR count). The third-order valence-corrected chi connectivity index (χ3v) is 19.7. The van der Waals surface area contributed by atoms with Crippen LogP contribution in [0.5, 0.6) is 17.4 Å². The molecule has 1 amide bonds. The number of alkyl halides is 1. The lowest BCUT2D eigenvalue weighted by atomic mass is 9.59. The van der Waals surface area contributed by atoms with E-state index in [1.54, 1.807) is 12.3 Å². The highest BCUT2D eigenvalue weighted by molar-refractivity contribution is 7.90. The van der Waals surface area contributed by atoms with Crippen LogP contribution in [0, 0.1) is 15.5 Å². The van der Waals surface area contributed by atoms with E-state index >= 15 is 4.39 Å². The minimum absolute atomic E-state index is 0.0116. The van der Waals surface area contributed by atoms with Crippen molar-refractivity contribution in [2.75, 3.05) is 67.8 Å². The predicted molar refractivity (Wildman–Crippen MR) is 297 cm³/mol. The fraction of sp³-hybridized carbons (Fsp3) is 0.536. The molecule has 5 fully saturated rings. The van der Waals surface area contributed by atoms with Crippen LogP contribution < -0.4 is 34.0 Å². The molecule has 3 saturated heterocycles. The van der Waals surface area contributed by atoms with Crippen LogP contribution in [0.4, 0.5) is 32.8 Å². The van der Waals surface area contributed by atoms with Gasteiger partial charge in [-0.3, -0.25) is 24.3 Å². The van der Waals surface area contributed by atoms with Gasteiger partial charge in [-0.15, -0.1) is 0 Å². The van der Waals surface area contributed by atoms with E-state index in [4.69, 9.17) is 33.2 Å². The lowest BCUT2D eigenvalue weighted by Gasteiger charge is -2.56. The number of H-pyrrole nitrogens is 1. The van der Waals surface area contributed by atoms with Crippen LogP contribution in [0.1, 0.15) is 107 Å². The quantitative estimate of drug-likeness (QED) is 0.0419. The number of nitro benzene ring substituents is 1. The van der Waals surface area contributed by atoms with Crippen molar-refractivity contribution in [3.8, 4) is 17.4 Å². The van der Waals surface area contributed by atoms with E-state index < -0.39 is 62.7 Å². The number of amides is 1. The number of nitrogens with one attached hydrogen (secondary N) is 3. The minimum Gasteiger partial charge on any atom is -0.491 e. The molecule has 3 aromatic carbocycles. The van der Waals surface area contributed by atoms with Crippen molar-refractivity contribution in [3.05, 3.63) is 94.2 Å². The van der Waals surface area contributed by atoms with Gasteiger partial charge in [-0.1, -0.05) is 18.2 Å². The number of pyridine rings is 1. The van der Waals surface area contributed by atoms with Gasteiger partial charge >= 0.3 is 7.82 Å². The molecule has 2 saturated carbocycles. The van der Waals surface area contributed by atoms with Crippen LogP contribution in [-0.2, 0) is 28.6 Å². The van der Waals surface area contributed by atoms with Gasteiger partial charge in [0.1, 0.15) is 35.5 Å². The Morgan fingerprint density at radius 2 is 1.73 bits per heavy atom. The van der Waals surface area contributed by atoms with E-state index in [0.717, 1.165) is 92.9 Å². The predicted octanol–water partition coefficient (Wildman–Crippen LogP) is 8.60. The smallest absolute Gasteiger partial charge is 0.470 e. The number of benzene rings is 3. The van der Waals surface area contributed by atoms with Crippen molar-refractivity contribution in [1.29, 1.82) is 0 Å². The average molecular weight is 1160 g/mol. The number of piperidine rings is 1. The van der Waals surface area contributed by atoms with Gasteiger partial charge in [-0.25, -0.2) is 22.1 Å². The number of fused-ring (bicyclic) bond motifs is 4. The van der Waals surface area contributed by atoms with Gasteiger partial charge in [0, 0.05) is 73.9 Å². The Morgan fingerprint density at radius 3 is 2.48 bits per heavy atom. The molecule has 25 heteroatoms. The lowest BCUT2D eigenvalue weighted by molar-refractivity contribution is -0.384. The molecule has 5 N–H and O–H groups in total. The summed E-state index contributed by atoms with van der Waals surface area (Å²) in [5, 5.41) is 16.3. The monoisotopic (exact) mass is 1160 g/mol. The first-order valence-corrected chi connectivity index (χ1v) is 30.9. The molecular weight excluding hydrogens is 1090 g/mol. The van der Waals surface area contributed by atoms with Crippen LogP contribution in [0.3, 0.4) is 0 Å². The van der Waals surface area contributed by atoms with Crippen molar-refractivity contribution >= 4 is 63.2 Å². The van der Waals surface area contributed by atoms with Crippen LogP contribution in [-0.4, -0.2) is 138 Å². The van der Waals surface area contributed by atoms with Crippen molar-refractivity contribution < 1.29 is 65.1 Å². The SMILES string of the molecule is CC(C)Oc1ccccc1[C@@H]1COCCCN1C1CC2(CCN(c3ccc(C(=O)NS(=O)(=O)c4cc5c(c([N+](=O)[O-])c4)N[C@@H](C4(F)CCC(C)(OP(=O)(O)O)CC4)CO5)c(N4c5cc6cc[nH]c6nc5O[C@H]5COCC[C@@H]54)c3)CC2)C1. The first-order chi connectivity index (χ1) is 38.7. The van der Waals surface area contributed by atoms with E-state index in [1.165, 1.54) is 6.92 Å². The Bertz CT molecular complexity index is 3390. The van der Waals surface area contributed by atoms with Crippen molar-refractivity contribution in [3.63, 3.8) is 0 Å². The number of nitro groups is 1. The van der Waals surface area contributed by atoms with E-state index in [1.807, 2.05) is 49.1 Å². The molecule has 5 aliphatic heterocycles. The highest BCUT2D eigenvalue weighted by atomic mass is 32.2. The maximum atomic E-state index is 16.6. The second-order valence-electron chi connectivity index (χ2n) is 23.4. The zero-order valence-electron chi connectivity index (χ0n) is 45.4. The lowest BCUT2D eigenvalue weighted by Crippen LogP contribution is -2.56. The highest BCUT2D eigenvalue weighted by Gasteiger charge is 2.52. The molecule has 5 aromatic rings. The number of rotatable bonds is 13. The van der Waals surface area contributed by atoms with Crippen LogP contribution in [0.15, 0.2) is 77.8 Å². The highest BCUT2D eigenvalue weighted by Crippen LogP contribution is 2.55. The summed E-state index contributed by atoms with van der Waals surface area (Å²) in [6.45, 7) is 9.63. The third kappa shape index (κ3) is 10.9. The molecule has 0 radical (unpaired) electrons. The van der Waals surface area contributed by atoms with Crippen LogP contribution in [0.25, 0.3) is 11.0 Å². The molecule has 4 atom stereocenters. The number of halogens is 1. The fourth-order valence-electron chi connectivity index (χ4n) is 13.5. The van der Waals surface area contributed by atoms with Gasteiger partial charge in [0.05, 0.1) is 64.1 Å². The van der Waals surface area contributed by atoms with E-state index in [-0.39, 0.29) is 79.5 Å². The Balaban J connectivity index is 0.816. The number of hydrogen-bond acceptors (Lipinski definition) is 17. The number of phosphoric acid groups is 1. The number of ether oxygens (including phenoxy) is 5. The summed E-state index contributed by atoms with van der Waals surface area (Å²) in [7, 11) is -9.75. The molecule has 1 spiro atoms. The Kier molecular flexibility index (Phi) is 14.5. The minimum atomic E-state index is -4.88. The number of phosphoric ester groups is 1. The first-order valence-electron chi connectivity index (χ1n) is 27.9. The number of carbonyl (C=O) groups excluding carboxylic acids is 1. The summed E-state index contributed by atoms with van der Waals surface area (Å²) in [6.07, 6.45) is 6.27. The molecular formula is C56H68FN8O14PS. The average Bonchev–Trinajstić information content (AvgIpc) is 3.99. The summed E-state index contributed by atoms with van der Waals surface area (Å²) in [5.41, 5.74) is -0.581. The number of carbonyl (C=O) groups is 1. The van der Waals surface area contributed by atoms with Gasteiger partial charge in [0.15, 0.2) is 11.4 Å². The summed E-state index contributed by atoms with van der Waals surface area (Å²) in [6, 6.07) is 18.3. The molecule has 22 nitrogen and oxygen atoms in total. The van der Waals surface area contributed by atoms with E-state index in [2.05, 4.69) is 43.0 Å². The number of anilines is 4. The number of aromatic nitrogens is 2. The van der Waals surface area contributed by atoms with E-state index in [9.17, 15) is 37.7 Å². The summed E-state index contributed by atoms with van der Waals surface area (Å²) in [4.78, 5) is 59.9. The third-order valence-electron chi connectivity index (χ3n) is 17.7. The summed E-state index contributed by atoms with van der Waals surface area (Å²) >= 11 is 0. The van der Waals surface area contributed by atoms with Gasteiger partial charge < -0.3 is 53.6 Å². The summed E-state index contributed by atoms with van der Waals surface area (Å²) < 4.78 is 95.2. The number of hydrogen-bond donors (Lipinski definition) is 5. The molecule has 81 heavy (non-hydrogen) atoms. The Hall–Kier alpha value is -6.11. The van der Waals surface area contributed by atoms with Crippen molar-refractivity contribution in [2.45, 2.75) is 138 Å². The maximum absolute atomic E-state index is 16.6. The number of aromatic amines is 1. The molecule has 2 aromatic heterocycles. The first kappa shape index (κ1) is 55.4. The zero-order valence-corrected chi connectivity index (χ0v) is 47.1. The molecule has 0 bridgehead atoms. The van der Waals surface area contributed by atoms with E-state index in [0.29, 0.717) is 48.6 Å². The molecule has 2 aliphatic carbocycles. The normalized spacial score (nSPS) is 27.0. The van der Waals surface area contributed by atoms with Crippen molar-refractivity contribution in [1.82, 2.24) is 19.6 Å². The Labute approximate surface area is 468 Å².